The van der Waals surface area contributed by atoms with Gasteiger partial charge in [-0.15, -0.1) is 0 Å². The van der Waals surface area contributed by atoms with Crippen LogP contribution in [0, 0.1) is 0 Å². The van der Waals surface area contributed by atoms with Crippen LogP contribution in [-0.2, 0) is 16.1 Å². The van der Waals surface area contributed by atoms with E-state index in [0.717, 1.165) is 6.42 Å². The van der Waals surface area contributed by atoms with Crippen molar-refractivity contribution >= 4 is 23.5 Å². The molecule has 0 aliphatic carbocycles. The molecule has 0 bridgehead atoms. The predicted molar refractivity (Wildman–Crippen MR) is 66.4 cm³/mol. The molecule has 1 rings (SSSR count). The SMILES string of the molecule is CCCN(CC(=O)O)C(=O)CCn1cc(Cl)cn1. The maximum Gasteiger partial charge on any atom is 0.323 e. The lowest BCUT2D eigenvalue weighted by atomic mass is 10.3. The Morgan fingerprint density at radius 3 is 2.78 bits per heavy atom. The molecule has 18 heavy (non-hydrogen) atoms. The van der Waals surface area contributed by atoms with E-state index >= 15 is 0 Å². The Hall–Kier alpha value is -1.56. The molecule has 0 fully saturated rings. The van der Waals surface area contributed by atoms with Crippen molar-refractivity contribution < 1.29 is 14.7 Å². The van der Waals surface area contributed by atoms with E-state index in [2.05, 4.69) is 5.10 Å². The van der Waals surface area contributed by atoms with Crippen LogP contribution in [0.1, 0.15) is 19.8 Å². The number of aryl methyl sites for hydroxylation is 1. The maximum absolute atomic E-state index is 11.8. The van der Waals surface area contributed by atoms with Crippen molar-refractivity contribution in [3.63, 3.8) is 0 Å². The molecule has 0 spiro atoms. The lowest BCUT2D eigenvalue weighted by molar-refractivity contribution is -0.144. The number of hydrogen-bond acceptors (Lipinski definition) is 3. The summed E-state index contributed by atoms with van der Waals surface area (Å²) < 4.78 is 1.56. The predicted octanol–water partition coefficient (Wildman–Crippen LogP) is 1.25. The first kappa shape index (κ1) is 14.5. The third-order valence-corrected chi connectivity index (χ3v) is 2.52. The first-order valence-electron chi connectivity index (χ1n) is 5.70. The number of aromatic nitrogens is 2. The highest BCUT2D eigenvalue weighted by molar-refractivity contribution is 6.30. The molecule has 6 nitrogen and oxygen atoms in total. The van der Waals surface area contributed by atoms with Gasteiger partial charge in [0.2, 0.25) is 5.91 Å². The normalized spacial score (nSPS) is 10.3. The third-order valence-electron chi connectivity index (χ3n) is 2.33. The maximum atomic E-state index is 11.8. The van der Waals surface area contributed by atoms with E-state index in [1.54, 1.807) is 10.9 Å². The van der Waals surface area contributed by atoms with Crippen LogP contribution in [0.2, 0.25) is 5.02 Å². The molecule has 0 aliphatic rings. The molecule has 1 aromatic rings. The first-order chi connectivity index (χ1) is 8.52. The Balaban J connectivity index is 2.48. The van der Waals surface area contributed by atoms with Gasteiger partial charge in [-0.1, -0.05) is 18.5 Å². The average molecular weight is 274 g/mol. The monoisotopic (exact) mass is 273 g/mol. The highest BCUT2D eigenvalue weighted by Crippen LogP contribution is 2.06. The second-order valence-electron chi connectivity index (χ2n) is 3.88. The minimum absolute atomic E-state index is 0.189. The molecular weight excluding hydrogens is 258 g/mol. The smallest absolute Gasteiger partial charge is 0.323 e. The Labute approximate surface area is 110 Å². The Kier molecular flexibility index (Phi) is 5.64. The second kappa shape index (κ2) is 7.00. The van der Waals surface area contributed by atoms with E-state index in [1.807, 2.05) is 6.92 Å². The molecule has 0 atom stereocenters. The lowest BCUT2D eigenvalue weighted by Crippen LogP contribution is -2.36. The molecule has 1 amide bonds. The van der Waals surface area contributed by atoms with Crippen LogP contribution in [0.4, 0.5) is 0 Å². The Bertz CT molecular complexity index is 419. The number of amides is 1. The van der Waals surface area contributed by atoms with Gasteiger partial charge in [0, 0.05) is 25.7 Å². The summed E-state index contributed by atoms with van der Waals surface area (Å²) in [5, 5.41) is 13.2. The van der Waals surface area contributed by atoms with E-state index in [0.29, 0.717) is 18.1 Å². The third kappa shape index (κ3) is 4.75. The second-order valence-corrected chi connectivity index (χ2v) is 4.32. The van der Waals surface area contributed by atoms with Crippen LogP contribution in [0.25, 0.3) is 0 Å². The van der Waals surface area contributed by atoms with Crippen molar-refractivity contribution in [1.82, 2.24) is 14.7 Å². The van der Waals surface area contributed by atoms with Gasteiger partial charge in [0.05, 0.1) is 11.2 Å². The van der Waals surface area contributed by atoms with Crippen molar-refractivity contribution in [1.29, 1.82) is 0 Å². The summed E-state index contributed by atoms with van der Waals surface area (Å²) in [6, 6.07) is 0. The number of carboxylic acids is 1. The zero-order chi connectivity index (χ0) is 13.5. The fourth-order valence-corrected chi connectivity index (χ4v) is 1.71. The van der Waals surface area contributed by atoms with Gasteiger partial charge in [-0.25, -0.2) is 0 Å². The Morgan fingerprint density at radius 1 is 1.56 bits per heavy atom. The van der Waals surface area contributed by atoms with Crippen LogP contribution in [-0.4, -0.2) is 44.8 Å². The van der Waals surface area contributed by atoms with E-state index in [-0.39, 0.29) is 18.9 Å². The minimum Gasteiger partial charge on any atom is -0.480 e. The van der Waals surface area contributed by atoms with Gasteiger partial charge >= 0.3 is 5.97 Å². The fraction of sp³-hybridized carbons (Fsp3) is 0.545. The summed E-state index contributed by atoms with van der Waals surface area (Å²) in [5.41, 5.74) is 0. The number of carbonyl (C=O) groups is 2. The lowest BCUT2D eigenvalue weighted by Gasteiger charge is -2.19. The minimum atomic E-state index is -1.00. The molecule has 0 unspecified atom stereocenters. The molecule has 1 N–H and O–H groups in total. The number of carbonyl (C=O) groups excluding carboxylic acids is 1. The number of aliphatic carboxylic acids is 1. The van der Waals surface area contributed by atoms with Crippen molar-refractivity contribution in [3.8, 4) is 0 Å². The van der Waals surface area contributed by atoms with E-state index < -0.39 is 5.97 Å². The summed E-state index contributed by atoms with van der Waals surface area (Å²) in [6.45, 7) is 2.48. The summed E-state index contributed by atoms with van der Waals surface area (Å²) in [7, 11) is 0. The molecule has 100 valence electrons. The summed E-state index contributed by atoms with van der Waals surface area (Å²) in [6.07, 6.45) is 4.06. The average Bonchev–Trinajstić information content (AvgIpc) is 2.71. The highest BCUT2D eigenvalue weighted by Gasteiger charge is 2.15. The molecule has 0 saturated carbocycles. The standard InChI is InChI=1S/C11H16ClN3O3/c1-2-4-14(8-11(17)18)10(16)3-5-15-7-9(12)6-13-15/h6-7H,2-5,8H2,1H3,(H,17,18). The molecule has 0 radical (unpaired) electrons. The molecule has 0 aromatic carbocycles. The summed E-state index contributed by atoms with van der Waals surface area (Å²) in [4.78, 5) is 23.8. The molecule has 7 heteroatoms. The van der Waals surface area contributed by atoms with Crippen LogP contribution in [0.3, 0.4) is 0 Å². The zero-order valence-corrected chi connectivity index (χ0v) is 10.9. The van der Waals surface area contributed by atoms with Gasteiger partial charge in [-0.2, -0.15) is 5.10 Å². The van der Waals surface area contributed by atoms with Crippen molar-refractivity contribution in [2.24, 2.45) is 0 Å². The largest absolute Gasteiger partial charge is 0.480 e. The van der Waals surface area contributed by atoms with Crippen LogP contribution < -0.4 is 0 Å². The van der Waals surface area contributed by atoms with Crippen LogP contribution >= 0.6 is 11.6 Å². The van der Waals surface area contributed by atoms with Crippen molar-refractivity contribution in [3.05, 3.63) is 17.4 Å². The van der Waals surface area contributed by atoms with Gasteiger partial charge in [0.1, 0.15) is 6.54 Å². The van der Waals surface area contributed by atoms with Crippen molar-refractivity contribution in [2.45, 2.75) is 26.3 Å². The van der Waals surface area contributed by atoms with Gasteiger partial charge in [-0.3, -0.25) is 14.3 Å². The number of rotatable bonds is 7. The number of hydrogen-bond donors (Lipinski definition) is 1. The Morgan fingerprint density at radius 2 is 2.28 bits per heavy atom. The molecule has 1 heterocycles. The summed E-state index contributed by atoms with van der Waals surface area (Å²) >= 11 is 5.70. The zero-order valence-electron chi connectivity index (χ0n) is 10.2. The van der Waals surface area contributed by atoms with E-state index in [1.165, 1.54) is 11.1 Å². The quantitative estimate of drug-likeness (QED) is 0.811. The molecular formula is C11H16ClN3O3. The van der Waals surface area contributed by atoms with Crippen molar-refractivity contribution in [2.75, 3.05) is 13.1 Å². The molecule has 0 saturated heterocycles. The number of nitrogens with zero attached hydrogens (tertiary/aromatic N) is 3. The topological polar surface area (TPSA) is 75.4 Å². The van der Waals surface area contributed by atoms with E-state index in [4.69, 9.17) is 16.7 Å². The number of carboxylic acid groups (broad SMARTS) is 1. The van der Waals surface area contributed by atoms with E-state index in [9.17, 15) is 9.59 Å². The van der Waals surface area contributed by atoms with Gasteiger partial charge in [0.25, 0.3) is 0 Å². The van der Waals surface area contributed by atoms with Gasteiger partial charge < -0.3 is 10.0 Å². The van der Waals surface area contributed by atoms with Crippen LogP contribution in [0.5, 0.6) is 0 Å². The van der Waals surface area contributed by atoms with Gasteiger partial charge in [-0.05, 0) is 6.42 Å². The summed E-state index contributed by atoms with van der Waals surface area (Å²) in [5.74, 6) is -1.19. The molecule has 0 aliphatic heterocycles. The fourth-order valence-electron chi connectivity index (χ4n) is 1.55. The van der Waals surface area contributed by atoms with Gasteiger partial charge in [0.15, 0.2) is 0 Å². The molecule has 1 aromatic heterocycles. The van der Waals surface area contributed by atoms with Crippen LogP contribution in [0.15, 0.2) is 12.4 Å². The first-order valence-corrected chi connectivity index (χ1v) is 6.08. The highest BCUT2D eigenvalue weighted by atomic mass is 35.5. The number of halogens is 1.